The Morgan fingerprint density at radius 1 is 1.07 bits per heavy atom. The molecule has 0 saturated carbocycles. The Kier molecular flexibility index (Phi) is 6.97. The van der Waals surface area contributed by atoms with Crippen LogP contribution in [0.15, 0.2) is 48.7 Å². The first-order chi connectivity index (χ1) is 14.8. The van der Waals surface area contributed by atoms with Crippen LogP contribution in [0, 0.1) is 0 Å². The van der Waals surface area contributed by atoms with E-state index in [1.54, 1.807) is 25.4 Å². The molecule has 0 radical (unpaired) electrons. The van der Waals surface area contributed by atoms with Gasteiger partial charge in [0.25, 0.3) is 5.91 Å². The predicted molar refractivity (Wildman–Crippen MR) is 116 cm³/mol. The van der Waals surface area contributed by atoms with Crippen molar-refractivity contribution in [2.45, 2.75) is 44.4 Å². The molecule has 6 nitrogen and oxygen atoms in total. The van der Waals surface area contributed by atoms with Crippen LogP contribution in [0.3, 0.4) is 0 Å². The summed E-state index contributed by atoms with van der Waals surface area (Å²) in [7, 11) is 1.55. The average Bonchev–Trinajstić information content (AvgIpc) is 3.28. The summed E-state index contributed by atoms with van der Waals surface area (Å²) in [6.07, 6.45) is 6.08. The van der Waals surface area contributed by atoms with Crippen LogP contribution in [0.25, 0.3) is 0 Å². The Balaban J connectivity index is 1.28. The average molecular weight is 410 g/mol. The number of hydrogen-bond acceptors (Lipinski definition) is 5. The van der Waals surface area contributed by atoms with Gasteiger partial charge in [-0.15, -0.1) is 0 Å². The SMILES string of the molecule is COc1ncccc1C(=O)N1CCC(N2CCC[C@H]2COCc2ccccc2)CC1. The van der Waals surface area contributed by atoms with Crippen molar-refractivity contribution in [3.63, 3.8) is 0 Å². The minimum Gasteiger partial charge on any atom is -0.480 e. The van der Waals surface area contributed by atoms with E-state index in [-0.39, 0.29) is 5.91 Å². The van der Waals surface area contributed by atoms with E-state index in [4.69, 9.17) is 9.47 Å². The maximum atomic E-state index is 12.9. The zero-order chi connectivity index (χ0) is 20.8. The first-order valence-electron chi connectivity index (χ1n) is 10.9. The number of amides is 1. The second-order valence-corrected chi connectivity index (χ2v) is 8.12. The zero-order valence-corrected chi connectivity index (χ0v) is 17.7. The number of aromatic nitrogens is 1. The highest BCUT2D eigenvalue weighted by Crippen LogP contribution is 2.27. The molecule has 2 fully saturated rings. The van der Waals surface area contributed by atoms with Crippen LogP contribution < -0.4 is 4.74 Å². The number of benzene rings is 1. The molecule has 1 atom stereocenters. The maximum absolute atomic E-state index is 12.9. The van der Waals surface area contributed by atoms with Gasteiger partial charge in [0.15, 0.2) is 0 Å². The van der Waals surface area contributed by atoms with Crippen LogP contribution in [0.2, 0.25) is 0 Å². The number of hydrogen-bond donors (Lipinski definition) is 0. The zero-order valence-electron chi connectivity index (χ0n) is 17.7. The Morgan fingerprint density at radius 3 is 2.63 bits per heavy atom. The number of methoxy groups -OCH3 is 1. The minimum absolute atomic E-state index is 0.0163. The molecule has 6 heteroatoms. The number of carbonyl (C=O) groups is 1. The first-order valence-corrected chi connectivity index (χ1v) is 10.9. The number of nitrogens with zero attached hydrogens (tertiary/aromatic N) is 3. The van der Waals surface area contributed by atoms with Crippen molar-refractivity contribution in [3.8, 4) is 5.88 Å². The van der Waals surface area contributed by atoms with Crippen molar-refractivity contribution in [2.24, 2.45) is 0 Å². The van der Waals surface area contributed by atoms with Crippen molar-refractivity contribution in [1.29, 1.82) is 0 Å². The third-order valence-electron chi connectivity index (χ3n) is 6.26. The fourth-order valence-corrected chi connectivity index (χ4v) is 4.69. The van der Waals surface area contributed by atoms with Crippen molar-refractivity contribution < 1.29 is 14.3 Å². The van der Waals surface area contributed by atoms with Gasteiger partial charge in [0.1, 0.15) is 5.56 Å². The van der Waals surface area contributed by atoms with Crippen molar-refractivity contribution in [3.05, 3.63) is 59.8 Å². The molecule has 2 aliphatic heterocycles. The summed E-state index contributed by atoms with van der Waals surface area (Å²) in [6.45, 7) is 4.13. The third-order valence-corrected chi connectivity index (χ3v) is 6.26. The fraction of sp³-hybridized carbons (Fsp3) is 0.500. The van der Waals surface area contributed by atoms with Crippen LogP contribution in [0.4, 0.5) is 0 Å². The van der Waals surface area contributed by atoms with Gasteiger partial charge in [-0.3, -0.25) is 9.69 Å². The molecule has 2 aliphatic rings. The van der Waals surface area contributed by atoms with E-state index in [0.717, 1.165) is 39.1 Å². The molecule has 0 bridgehead atoms. The lowest BCUT2D eigenvalue weighted by atomic mass is 10.0. The van der Waals surface area contributed by atoms with Gasteiger partial charge in [0.05, 0.1) is 20.3 Å². The number of ether oxygens (including phenoxy) is 2. The van der Waals surface area contributed by atoms with E-state index in [9.17, 15) is 4.79 Å². The molecular formula is C24H31N3O3. The maximum Gasteiger partial charge on any atom is 0.259 e. The van der Waals surface area contributed by atoms with Gasteiger partial charge in [0, 0.05) is 31.4 Å². The van der Waals surface area contributed by atoms with E-state index in [0.29, 0.717) is 30.1 Å². The summed E-state index contributed by atoms with van der Waals surface area (Å²) < 4.78 is 11.3. The molecule has 0 unspecified atom stereocenters. The molecule has 0 aliphatic carbocycles. The van der Waals surface area contributed by atoms with E-state index >= 15 is 0 Å². The van der Waals surface area contributed by atoms with Crippen molar-refractivity contribution >= 4 is 5.91 Å². The number of pyridine rings is 1. The molecule has 1 amide bonds. The summed E-state index contributed by atoms with van der Waals surface area (Å²) in [4.78, 5) is 21.6. The normalized spacial score (nSPS) is 20.4. The monoisotopic (exact) mass is 409 g/mol. The minimum atomic E-state index is 0.0163. The lowest BCUT2D eigenvalue weighted by Crippen LogP contribution is -2.49. The molecule has 0 spiro atoms. The Hall–Kier alpha value is -2.44. The summed E-state index contributed by atoms with van der Waals surface area (Å²) in [5, 5.41) is 0. The Labute approximate surface area is 178 Å². The van der Waals surface area contributed by atoms with Crippen molar-refractivity contribution in [1.82, 2.24) is 14.8 Å². The molecule has 2 aromatic rings. The summed E-state index contributed by atoms with van der Waals surface area (Å²) in [5.41, 5.74) is 1.77. The van der Waals surface area contributed by atoms with E-state index < -0.39 is 0 Å². The first kappa shape index (κ1) is 20.8. The molecule has 30 heavy (non-hydrogen) atoms. The summed E-state index contributed by atoms with van der Waals surface area (Å²) >= 11 is 0. The number of rotatable bonds is 7. The van der Waals surface area contributed by atoms with Gasteiger partial charge in [-0.25, -0.2) is 4.98 Å². The van der Waals surface area contributed by atoms with Gasteiger partial charge in [-0.2, -0.15) is 0 Å². The topological polar surface area (TPSA) is 54.9 Å². The summed E-state index contributed by atoms with van der Waals surface area (Å²) in [6, 6.07) is 14.9. The Morgan fingerprint density at radius 2 is 1.87 bits per heavy atom. The van der Waals surface area contributed by atoms with Crippen LogP contribution in [0.1, 0.15) is 41.6 Å². The molecule has 1 aromatic carbocycles. The van der Waals surface area contributed by atoms with Crippen LogP contribution in [-0.4, -0.2) is 66.1 Å². The van der Waals surface area contributed by atoms with Gasteiger partial charge in [-0.05, 0) is 49.9 Å². The number of carbonyl (C=O) groups excluding carboxylic acids is 1. The molecule has 160 valence electrons. The Bertz CT molecular complexity index is 821. The molecule has 1 aromatic heterocycles. The van der Waals surface area contributed by atoms with E-state index in [1.807, 2.05) is 11.0 Å². The van der Waals surface area contributed by atoms with E-state index in [1.165, 1.54) is 18.4 Å². The quantitative estimate of drug-likeness (QED) is 0.702. The molecular weight excluding hydrogens is 378 g/mol. The van der Waals surface area contributed by atoms with Gasteiger partial charge in [0.2, 0.25) is 5.88 Å². The highest BCUT2D eigenvalue weighted by molar-refractivity contribution is 5.96. The molecule has 4 rings (SSSR count). The standard InChI is InChI=1S/C24H31N3O3/c1-29-23-22(10-5-13-25-23)24(28)26-15-11-20(12-16-26)27-14-6-9-21(27)18-30-17-19-7-3-2-4-8-19/h2-5,7-8,10,13,20-21H,6,9,11-12,14-18H2,1H3/t21-/m0/s1. The van der Waals surface area contributed by atoms with E-state index in [2.05, 4.69) is 34.1 Å². The largest absolute Gasteiger partial charge is 0.480 e. The second-order valence-electron chi connectivity index (χ2n) is 8.12. The number of likely N-dealkylation sites (tertiary alicyclic amines) is 2. The van der Waals surface area contributed by atoms with Crippen LogP contribution in [0.5, 0.6) is 5.88 Å². The molecule has 2 saturated heterocycles. The fourth-order valence-electron chi connectivity index (χ4n) is 4.69. The lowest BCUT2D eigenvalue weighted by molar-refractivity contribution is 0.0313. The second kappa shape index (κ2) is 10.0. The predicted octanol–water partition coefficient (Wildman–Crippen LogP) is 3.38. The van der Waals surface area contributed by atoms with Gasteiger partial charge >= 0.3 is 0 Å². The smallest absolute Gasteiger partial charge is 0.259 e. The highest BCUT2D eigenvalue weighted by atomic mass is 16.5. The molecule has 0 N–H and O–H groups in total. The van der Waals surface area contributed by atoms with Crippen LogP contribution >= 0.6 is 0 Å². The molecule has 3 heterocycles. The summed E-state index contributed by atoms with van der Waals surface area (Å²) in [5.74, 6) is 0.419. The van der Waals surface area contributed by atoms with Gasteiger partial charge < -0.3 is 14.4 Å². The lowest BCUT2D eigenvalue weighted by Gasteiger charge is -2.39. The van der Waals surface area contributed by atoms with Gasteiger partial charge in [-0.1, -0.05) is 30.3 Å². The third kappa shape index (κ3) is 4.82. The van der Waals surface area contributed by atoms with Crippen molar-refractivity contribution in [2.75, 3.05) is 33.4 Å². The number of piperidine rings is 1. The highest BCUT2D eigenvalue weighted by Gasteiger charge is 2.34. The van der Waals surface area contributed by atoms with Crippen LogP contribution in [-0.2, 0) is 11.3 Å².